The van der Waals surface area contributed by atoms with Gasteiger partial charge in [-0.25, -0.2) is 0 Å². The molecular formula is C12H17N3O2. The van der Waals surface area contributed by atoms with Crippen molar-refractivity contribution in [2.45, 2.75) is 12.8 Å². The molecule has 0 bridgehead atoms. The molecule has 0 atom stereocenters. The van der Waals surface area contributed by atoms with E-state index in [0.29, 0.717) is 31.1 Å². The minimum Gasteiger partial charge on any atom is -0.505 e. The summed E-state index contributed by atoms with van der Waals surface area (Å²) in [6.07, 6.45) is 4.68. The van der Waals surface area contributed by atoms with Crippen molar-refractivity contribution in [3.8, 4) is 5.75 Å². The molecule has 3 N–H and O–H groups in total. The molecule has 1 aromatic heterocycles. The first-order valence-electron chi connectivity index (χ1n) is 5.84. The number of aromatic hydroxyl groups is 1. The van der Waals surface area contributed by atoms with Gasteiger partial charge in [-0.1, -0.05) is 0 Å². The molecule has 2 heterocycles. The quantitative estimate of drug-likeness (QED) is 0.786. The van der Waals surface area contributed by atoms with E-state index in [-0.39, 0.29) is 11.7 Å². The molecular weight excluding hydrogens is 218 g/mol. The molecule has 92 valence electrons. The number of carbonyl (C=O) groups excluding carboxylic acids is 1. The number of aromatic nitrogens is 1. The van der Waals surface area contributed by atoms with Crippen LogP contribution in [0.5, 0.6) is 5.75 Å². The van der Waals surface area contributed by atoms with Crippen molar-refractivity contribution in [3.05, 3.63) is 24.0 Å². The number of hydrogen-bond acceptors (Lipinski definition) is 4. The first-order valence-corrected chi connectivity index (χ1v) is 5.84. The van der Waals surface area contributed by atoms with E-state index in [1.165, 1.54) is 12.4 Å². The summed E-state index contributed by atoms with van der Waals surface area (Å²) in [4.78, 5) is 17.6. The fourth-order valence-electron chi connectivity index (χ4n) is 2.11. The summed E-state index contributed by atoms with van der Waals surface area (Å²) in [7, 11) is 0. The molecule has 5 heteroatoms. The number of piperidine rings is 1. The van der Waals surface area contributed by atoms with Crippen molar-refractivity contribution >= 4 is 5.91 Å². The van der Waals surface area contributed by atoms with Crippen molar-refractivity contribution in [2.24, 2.45) is 11.7 Å². The van der Waals surface area contributed by atoms with Crippen LogP contribution in [0, 0.1) is 5.92 Å². The number of carbonyl (C=O) groups is 1. The van der Waals surface area contributed by atoms with Gasteiger partial charge in [0, 0.05) is 19.3 Å². The van der Waals surface area contributed by atoms with Crippen LogP contribution in [0.15, 0.2) is 18.5 Å². The smallest absolute Gasteiger partial charge is 0.257 e. The van der Waals surface area contributed by atoms with Crippen LogP contribution in [0.1, 0.15) is 23.2 Å². The van der Waals surface area contributed by atoms with E-state index in [4.69, 9.17) is 5.73 Å². The highest BCUT2D eigenvalue weighted by molar-refractivity contribution is 5.96. The van der Waals surface area contributed by atoms with Gasteiger partial charge in [-0.3, -0.25) is 9.78 Å². The number of nitrogens with zero attached hydrogens (tertiary/aromatic N) is 2. The first-order chi connectivity index (χ1) is 8.22. The molecule has 1 aromatic rings. The number of amides is 1. The van der Waals surface area contributed by atoms with Gasteiger partial charge in [0.25, 0.3) is 5.91 Å². The summed E-state index contributed by atoms with van der Waals surface area (Å²) in [6, 6.07) is 1.55. The Bertz CT molecular complexity index is 400. The molecule has 0 saturated carbocycles. The molecule has 0 radical (unpaired) electrons. The third kappa shape index (κ3) is 2.55. The summed E-state index contributed by atoms with van der Waals surface area (Å²) in [5, 5.41) is 9.58. The fourth-order valence-corrected chi connectivity index (χ4v) is 2.11. The molecule has 0 spiro atoms. The molecule has 1 saturated heterocycles. The lowest BCUT2D eigenvalue weighted by molar-refractivity contribution is 0.0690. The van der Waals surface area contributed by atoms with Crippen molar-refractivity contribution in [3.63, 3.8) is 0 Å². The highest BCUT2D eigenvalue weighted by atomic mass is 16.3. The van der Waals surface area contributed by atoms with Crippen LogP contribution < -0.4 is 5.73 Å². The zero-order chi connectivity index (χ0) is 12.3. The molecule has 0 aromatic carbocycles. The van der Waals surface area contributed by atoms with E-state index in [2.05, 4.69) is 4.98 Å². The SMILES string of the molecule is NCC1CCN(C(=O)c2ccncc2O)CC1. The third-order valence-electron chi connectivity index (χ3n) is 3.27. The topological polar surface area (TPSA) is 79.5 Å². The molecule has 1 fully saturated rings. The summed E-state index contributed by atoms with van der Waals surface area (Å²) >= 11 is 0. The van der Waals surface area contributed by atoms with Crippen molar-refractivity contribution in [2.75, 3.05) is 19.6 Å². The Morgan fingerprint density at radius 2 is 2.24 bits per heavy atom. The first kappa shape index (κ1) is 11.9. The number of hydrogen-bond donors (Lipinski definition) is 2. The standard InChI is InChI=1S/C12H17N3O2/c13-7-9-2-5-15(6-3-9)12(17)10-1-4-14-8-11(10)16/h1,4,8-9,16H,2-3,5-7,13H2. The second-order valence-corrected chi connectivity index (χ2v) is 4.36. The summed E-state index contributed by atoms with van der Waals surface area (Å²) in [5.41, 5.74) is 5.93. The lowest BCUT2D eigenvalue weighted by Crippen LogP contribution is -2.40. The molecule has 0 aliphatic carbocycles. The average Bonchev–Trinajstić information content (AvgIpc) is 2.39. The summed E-state index contributed by atoms with van der Waals surface area (Å²) < 4.78 is 0. The van der Waals surface area contributed by atoms with Crippen LogP contribution >= 0.6 is 0 Å². The Labute approximate surface area is 100 Å². The lowest BCUT2D eigenvalue weighted by atomic mass is 9.96. The molecule has 0 unspecified atom stereocenters. The van der Waals surface area contributed by atoms with E-state index < -0.39 is 0 Å². The maximum atomic E-state index is 12.1. The van der Waals surface area contributed by atoms with Crippen LogP contribution in [-0.4, -0.2) is 40.5 Å². The van der Waals surface area contributed by atoms with Crippen LogP contribution in [0.3, 0.4) is 0 Å². The Hall–Kier alpha value is -1.62. The normalized spacial score (nSPS) is 17.1. The van der Waals surface area contributed by atoms with E-state index >= 15 is 0 Å². The highest BCUT2D eigenvalue weighted by Gasteiger charge is 2.24. The zero-order valence-electron chi connectivity index (χ0n) is 9.67. The predicted octanol–water partition coefficient (Wildman–Crippen LogP) is 0.598. The Morgan fingerprint density at radius 3 is 2.82 bits per heavy atom. The van der Waals surface area contributed by atoms with Gasteiger partial charge < -0.3 is 15.7 Å². The van der Waals surface area contributed by atoms with Crippen LogP contribution in [0.4, 0.5) is 0 Å². The van der Waals surface area contributed by atoms with Crippen LogP contribution in [0.2, 0.25) is 0 Å². The largest absolute Gasteiger partial charge is 0.505 e. The fraction of sp³-hybridized carbons (Fsp3) is 0.500. The Kier molecular flexibility index (Phi) is 3.58. The molecule has 1 amide bonds. The maximum Gasteiger partial charge on any atom is 0.257 e. The molecule has 1 aliphatic heterocycles. The van der Waals surface area contributed by atoms with E-state index in [1.807, 2.05) is 0 Å². The number of pyridine rings is 1. The molecule has 2 rings (SSSR count). The molecule has 1 aliphatic rings. The monoisotopic (exact) mass is 235 g/mol. The van der Waals surface area contributed by atoms with Gasteiger partial charge in [0.15, 0.2) is 0 Å². The number of rotatable bonds is 2. The van der Waals surface area contributed by atoms with Crippen molar-refractivity contribution < 1.29 is 9.90 Å². The highest BCUT2D eigenvalue weighted by Crippen LogP contribution is 2.21. The second-order valence-electron chi connectivity index (χ2n) is 4.36. The number of nitrogens with two attached hydrogens (primary N) is 1. The van der Waals surface area contributed by atoms with Crippen LogP contribution in [0.25, 0.3) is 0 Å². The third-order valence-corrected chi connectivity index (χ3v) is 3.27. The van der Waals surface area contributed by atoms with E-state index in [0.717, 1.165) is 12.8 Å². The van der Waals surface area contributed by atoms with Crippen LogP contribution in [-0.2, 0) is 0 Å². The van der Waals surface area contributed by atoms with Gasteiger partial charge in [-0.05, 0) is 31.4 Å². The van der Waals surface area contributed by atoms with Crippen molar-refractivity contribution in [1.82, 2.24) is 9.88 Å². The van der Waals surface area contributed by atoms with E-state index in [1.54, 1.807) is 11.0 Å². The summed E-state index contributed by atoms with van der Waals surface area (Å²) in [5.74, 6) is 0.337. The second kappa shape index (κ2) is 5.14. The average molecular weight is 235 g/mol. The summed E-state index contributed by atoms with van der Waals surface area (Å²) in [6.45, 7) is 2.10. The number of likely N-dealkylation sites (tertiary alicyclic amines) is 1. The van der Waals surface area contributed by atoms with Gasteiger partial charge >= 0.3 is 0 Å². The van der Waals surface area contributed by atoms with Gasteiger partial charge in [0.2, 0.25) is 0 Å². The van der Waals surface area contributed by atoms with Gasteiger partial charge in [-0.2, -0.15) is 0 Å². The zero-order valence-corrected chi connectivity index (χ0v) is 9.67. The lowest BCUT2D eigenvalue weighted by Gasteiger charge is -2.31. The molecule has 17 heavy (non-hydrogen) atoms. The Morgan fingerprint density at radius 1 is 1.53 bits per heavy atom. The minimum absolute atomic E-state index is 0.0570. The van der Waals surface area contributed by atoms with Gasteiger partial charge in [-0.15, -0.1) is 0 Å². The van der Waals surface area contributed by atoms with Gasteiger partial charge in [0.1, 0.15) is 5.75 Å². The maximum absolute atomic E-state index is 12.1. The van der Waals surface area contributed by atoms with Gasteiger partial charge in [0.05, 0.1) is 11.8 Å². The van der Waals surface area contributed by atoms with E-state index in [9.17, 15) is 9.90 Å². The van der Waals surface area contributed by atoms with Crippen molar-refractivity contribution in [1.29, 1.82) is 0 Å². The Balaban J connectivity index is 2.04. The minimum atomic E-state index is -0.125. The molecule has 5 nitrogen and oxygen atoms in total. The predicted molar refractivity (Wildman–Crippen MR) is 63.6 cm³/mol.